The summed E-state index contributed by atoms with van der Waals surface area (Å²) in [6.07, 6.45) is -9.82. The molecule has 0 amide bonds. The first-order chi connectivity index (χ1) is 24.2. The van der Waals surface area contributed by atoms with E-state index in [1.807, 2.05) is 24.3 Å². The largest absolute Gasteiger partial charge is 0.419 e. The third-order valence-corrected chi connectivity index (χ3v) is 9.87. The molecule has 0 saturated heterocycles. The highest BCUT2D eigenvalue weighted by Crippen LogP contribution is 2.61. The van der Waals surface area contributed by atoms with Crippen molar-refractivity contribution in [3.8, 4) is 68.8 Å². The summed E-state index contributed by atoms with van der Waals surface area (Å²) in [5.74, 6) is -2.97. The average molecular weight is 709 g/mol. The van der Waals surface area contributed by atoms with Crippen LogP contribution in [0.2, 0.25) is 0 Å². The van der Waals surface area contributed by atoms with Gasteiger partial charge in [-0.25, -0.2) is 8.78 Å². The molecule has 0 aliphatic heterocycles. The van der Waals surface area contributed by atoms with Crippen LogP contribution in [-0.2, 0) is 12.4 Å². The zero-order valence-corrected chi connectivity index (χ0v) is 26.0. The van der Waals surface area contributed by atoms with E-state index in [-0.39, 0.29) is 33.4 Å². The minimum atomic E-state index is -4.91. The maximum Gasteiger partial charge on any atom is 0.419 e. The van der Waals surface area contributed by atoms with Crippen molar-refractivity contribution in [2.75, 3.05) is 0 Å². The molecule has 0 saturated carbocycles. The molecule has 0 fully saturated rings. The first kappa shape index (κ1) is 33.0. The molecule has 13 heteroatoms. The summed E-state index contributed by atoms with van der Waals surface area (Å²) in [5, 5.41) is 39.8. The van der Waals surface area contributed by atoms with Crippen molar-refractivity contribution in [3.05, 3.63) is 128 Å². The summed E-state index contributed by atoms with van der Waals surface area (Å²) >= 11 is 1.09. The number of hydrogen-bond donors (Lipinski definition) is 0. The summed E-state index contributed by atoms with van der Waals surface area (Å²) in [6.45, 7) is 0. The van der Waals surface area contributed by atoms with Crippen molar-refractivity contribution in [2.24, 2.45) is 0 Å². The SMILES string of the molecule is N#CC(C#N)=C1c2cc(-c3ccc(C(F)(F)F)c(F)c3)ccc2-c2c1sc1c2-c2ccc(-c3ccc(C(F)(F)F)c(F)c3)cc2C1=C(C#N)C#N. The van der Waals surface area contributed by atoms with Crippen molar-refractivity contribution in [1.29, 1.82) is 21.0 Å². The van der Waals surface area contributed by atoms with E-state index in [0.717, 1.165) is 35.6 Å². The predicted octanol–water partition coefficient (Wildman–Crippen LogP) is 11.1. The Labute approximate surface area is 286 Å². The van der Waals surface area contributed by atoms with Crippen LogP contribution in [0.5, 0.6) is 0 Å². The molecule has 246 valence electrons. The second-order valence-electron chi connectivity index (χ2n) is 11.4. The van der Waals surface area contributed by atoms with Gasteiger partial charge in [-0.05, 0) is 80.9 Å². The number of thiophene rings is 1. The van der Waals surface area contributed by atoms with E-state index in [0.29, 0.717) is 66.4 Å². The zero-order chi connectivity index (χ0) is 36.6. The molecule has 4 nitrogen and oxygen atoms in total. The monoisotopic (exact) mass is 708 g/mol. The number of nitrogens with zero attached hydrogens (tertiary/aromatic N) is 4. The van der Waals surface area contributed by atoms with Crippen molar-refractivity contribution >= 4 is 22.5 Å². The van der Waals surface area contributed by atoms with Crippen LogP contribution in [0.4, 0.5) is 35.1 Å². The second kappa shape index (κ2) is 11.5. The molecular formula is C38H12F8N4S. The Hall–Kier alpha value is -6.54. The van der Waals surface area contributed by atoms with Gasteiger partial charge in [0.15, 0.2) is 0 Å². The number of fused-ring (bicyclic) bond motifs is 7. The van der Waals surface area contributed by atoms with Crippen LogP contribution in [0.3, 0.4) is 0 Å². The topological polar surface area (TPSA) is 95.2 Å². The highest BCUT2D eigenvalue weighted by molar-refractivity contribution is 7.16. The summed E-state index contributed by atoms with van der Waals surface area (Å²) in [6, 6.07) is 21.8. The van der Waals surface area contributed by atoms with Gasteiger partial charge in [0, 0.05) is 32.0 Å². The van der Waals surface area contributed by atoms with Gasteiger partial charge in [0.1, 0.15) is 47.1 Å². The van der Waals surface area contributed by atoms with E-state index < -0.39 is 35.1 Å². The number of allylic oxidation sites excluding steroid dienone is 2. The molecule has 0 N–H and O–H groups in total. The van der Waals surface area contributed by atoms with Gasteiger partial charge in [-0.1, -0.05) is 36.4 Å². The van der Waals surface area contributed by atoms with Crippen LogP contribution in [-0.4, -0.2) is 0 Å². The van der Waals surface area contributed by atoms with Crippen molar-refractivity contribution < 1.29 is 35.1 Å². The lowest BCUT2D eigenvalue weighted by atomic mass is 9.93. The normalized spacial score (nSPS) is 12.5. The first-order valence-electron chi connectivity index (χ1n) is 14.5. The number of alkyl halides is 6. The highest BCUT2D eigenvalue weighted by Gasteiger charge is 2.40. The Kier molecular flexibility index (Phi) is 7.45. The highest BCUT2D eigenvalue weighted by atomic mass is 32.1. The molecule has 2 aliphatic rings. The third kappa shape index (κ3) is 5.06. The van der Waals surface area contributed by atoms with Gasteiger partial charge in [0.2, 0.25) is 0 Å². The smallest absolute Gasteiger partial charge is 0.206 e. The van der Waals surface area contributed by atoms with Crippen molar-refractivity contribution in [2.45, 2.75) is 12.4 Å². The quantitative estimate of drug-likeness (QED) is 0.132. The Morgan fingerprint density at radius 2 is 0.804 bits per heavy atom. The van der Waals surface area contributed by atoms with Crippen LogP contribution in [0, 0.1) is 57.0 Å². The van der Waals surface area contributed by atoms with Gasteiger partial charge in [-0.15, -0.1) is 11.3 Å². The number of hydrogen-bond acceptors (Lipinski definition) is 5. The predicted molar refractivity (Wildman–Crippen MR) is 170 cm³/mol. The van der Waals surface area contributed by atoms with E-state index in [1.165, 1.54) is 12.1 Å². The van der Waals surface area contributed by atoms with E-state index >= 15 is 0 Å². The maximum atomic E-state index is 14.5. The molecule has 51 heavy (non-hydrogen) atoms. The first-order valence-corrected chi connectivity index (χ1v) is 15.3. The van der Waals surface area contributed by atoms with Gasteiger partial charge >= 0.3 is 12.4 Å². The fourth-order valence-electron chi connectivity index (χ4n) is 6.46. The van der Waals surface area contributed by atoms with E-state index in [9.17, 15) is 56.2 Å². The lowest BCUT2D eigenvalue weighted by Gasteiger charge is -2.12. The minimum absolute atomic E-state index is 0.106. The molecule has 2 aliphatic carbocycles. The molecule has 1 aromatic heterocycles. The summed E-state index contributed by atoms with van der Waals surface area (Å²) in [4.78, 5) is 0.882. The van der Waals surface area contributed by atoms with E-state index in [1.54, 1.807) is 24.3 Å². The Morgan fingerprint density at radius 3 is 1.12 bits per heavy atom. The Bertz CT molecular complexity index is 2420. The van der Waals surface area contributed by atoms with Crippen molar-refractivity contribution in [3.63, 3.8) is 0 Å². The second-order valence-corrected chi connectivity index (χ2v) is 12.4. The fraction of sp³-hybridized carbons (Fsp3) is 0.0526. The number of halogens is 8. The van der Waals surface area contributed by atoms with Crippen LogP contribution >= 0.6 is 11.3 Å². The van der Waals surface area contributed by atoms with E-state index in [2.05, 4.69) is 0 Å². The molecular weight excluding hydrogens is 696 g/mol. The van der Waals surface area contributed by atoms with Gasteiger partial charge in [0.05, 0.1) is 11.1 Å². The van der Waals surface area contributed by atoms with Gasteiger partial charge in [0.25, 0.3) is 0 Å². The van der Waals surface area contributed by atoms with E-state index in [4.69, 9.17) is 0 Å². The molecule has 0 atom stereocenters. The number of nitriles is 4. The third-order valence-electron chi connectivity index (χ3n) is 8.64. The van der Waals surface area contributed by atoms with Crippen LogP contribution in [0.25, 0.3) is 55.7 Å². The van der Waals surface area contributed by atoms with Crippen LogP contribution in [0.1, 0.15) is 32.0 Å². The van der Waals surface area contributed by atoms with Crippen molar-refractivity contribution in [1.82, 2.24) is 0 Å². The maximum absolute atomic E-state index is 14.5. The lowest BCUT2D eigenvalue weighted by Crippen LogP contribution is -2.07. The lowest BCUT2D eigenvalue weighted by molar-refractivity contribution is -0.140. The number of benzene rings is 4. The average Bonchev–Trinajstić information content (AvgIpc) is 3.70. The molecule has 0 radical (unpaired) electrons. The minimum Gasteiger partial charge on any atom is -0.206 e. The van der Waals surface area contributed by atoms with Crippen LogP contribution in [0.15, 0.2) is 83.9 Å². The molecule has 1 heterocycles. The zero-order valence-electron chi connectivity index (χ0n) is 25.1. The summed E-state index contributed by atoms with van der Waals surface area (Å²) in [5.41, 5.74) is 0.560. The molecule has 7 rings (SSSR count). The van der Waals surface area contributed by atoms with Gasteiger partial charge in [-0.2, -0.15) is 47.4 Å². The van der Waals surface area contributed by atoms with Gasteiger partial charge in [-0.3, -0.25) is 0 Å². The molecule has 0 bridgehead atoms. The molecule has 0 unspecified atom stereocenters. The molecule has 5 aromatic rings. The summed E-state index contributed by atoms with van der Waals surface area (Å²) < 4.78 is 108. The molecule has 0 spiro atoms. The van der Waals surface area contributed by atoms with Gasteiger partial charge < -0.3 is 0 Å². The molecule has 4 aromatic carbocycles. The Balaban J connectivity index is 1.45. The Morgan fingerprint density at radius 1 is 0.471 bits per heavy atom. The number of rotatable bonds is 2. The standard InChI is InChI=1S/C38H12F8N4S/c39-29-11-19(3-7-27(29)37(41,42)43)17-1-5-23-25(9-17)31(21(13-47)14-48)35-33(23)34-24-6-2-18(20-4-8-28(30(40)12-20)38(44,45)46)10-26(24)32(36(34)51-35)22(15-49)16-50/h1-12H. The fourth-order valence-corrected chi connectivity index (χ4v) is 7.92. The van der Waals surface area contributed by atoms with Crippen LogP contribution < -0.4 is 0 Å². The summed E-state index contributed by atoms with van der Waals surface area (Å²) in [7, 11) is 0.